The van der Waals surface area contributed by atoms with Crippen molar-refractivity contribution in [2.45, 2.75) is 45.2 Å². The minimum atomic E-state index is 0.126. The molecule has 1 saturated heterocycles. The quantitative estimate of drug-likeness (QED) is 0.766. The Labute approximate surface area is 108 Å². The number of aromatic nitrogens is 1. The number of nitrogens with zero attached hydrogens (tertiary/aromatic N) is 2. The van der Waals surface area contributed by atoms with Gasteiger partial charge in [-0.15, -0.1) is 0 Å². The Morgan fingerprint density at radius 3 is 3.06 bits per heavy atom. The van der Waals surface area contributed by atoms with Crippen LogP contribution in [0.15, 0.2) is 18.3 Å². The summed E-state index contributed by atoms with van der Waals surface area (Å²) in [5.74, 6) is 0.126. The Kier molecular flexibility index (Phi) is 4.18. The van der Waals surface area contributed by atoms with Gasteiger partial charge in [-0.05, 0) is 37.8 Å². The van der Waals surface area contributed by atoms with E-state index >= 15 is 0 Å². The van der Waals surface area contributed by atoms with Crippen LogP contribution in [0, 0.1) is 0 Å². The molecule has 0 spiro atoms. The Morgan fingerprint density at radius 2 is 2.33 bits per heavy atom. The van der Waals surface area contributed by atoms with E-state index in [0.717, 1.165) is 32.1 Å². The molecule has 1 atom stereocenters. The van der Waals surface area contributed by atoms with E-state index in [1.54, 1.807) is 22.9 Å². The van der Waals surface area contributed by atoms with Crippen molar-refractivity contribution in [1.29, 1.82) is 0 Å². The zero-order chi connectivity index (χ0) is 13.0. The standard InChI is InChI=1S/C14H20N2O2/c1-2-12-6-3-4-9-16(12)14(18)10-15-8-5-7-13(15)11-17/h5,7-8,11-12H,2-4,6,9-10H2,1H3/t12-/m0/s1. The molecule has 2 rings (SSSR count). The smallest absolute Gasteiger partial charge is 0.242 e. The number of hydrogen-bond acceptors (Lipinski definition) is 2. The van der Waals surface area contributed by atoms with Gasteiger partial charge in [-0.1, -0.05) is 6.92 Å². The number of likely N-dealkylation sites (tertiary alicyclic amines) is 1. The van der Waals surface area contributed by atoms with Gasteiger partial charge in [-0.3, -0.25) is 9.59 Å². The van der Waals surface area contributed by atoms with Crippen LogP contribution in [0.2, 0.25) is 0 Å². The molecule has 1 aromatic heterocycles. The second-order valence-electron chi connectivity index (χ2n) is 4.82. The lowest BCUT2D eigenvalue weighted by molar-refractivity contribution is -0.135. The monoisotopic (exact) mass is 248 g/mol. The minimum absolute atomic E-state index is 0.126. The highest BCUT2D eigenvalue weighted by atomic mass is 16.2. The van der Waals surface area contributed by atoms with Gasteiger partial charge in [0.25, 0.3) is 0 Å². The summed E-state index contributed by atoms with van der Waals surface area (Å²) in [6.45, 7) is 3.26. The second-order valence-corrected chi connectivity index (χ2v) is 4.82. The average Bonchev–Trinajstić information content (AvgIpc) is 2.85. The zero-order valence-electron chi connectivity index (χ0n) is 10.8. The fraction of sp³-hybridized carbons (Fsp3) is 0.571. The van der Waals surface area contributed by atoms with Gasteiger partial charge in [-0.25, -0.2) is 0 Å². The minimum Gasteiger partial charge on any atom is -0.338 e. The third-order valence-corrected chi connectivity index (χ3v) is 3.71. The molecule has 18 heavy (non-hydrogen) atoms. The Bertz CT molecular complexity index is 425. The number of piperidine rings is 1. The summed E-state index contributed by atoms with van der Waals surface area (Å²) >= 11 is 0. The molecular formula is C14H20N2O2. The van der Waals surface area contributed by atoms with Crippen LogP contribution in [-0.2, 0) is 11.3 Å². The van der Waals surface area contributed by atoms with Gasteiger partial charge >= 0.3 is 0 Å². The third kappa shape index (κ3) is 2.63. The van der Waals surface area contributed by atoms with Crippen LogP contribution in [0.5, 0.6) is 0 Å². The van der Waals surface area contributed by atoms with Crippen LogP contribution in [0.1, 0.15) is 43.1 Å². The van der Waals surface area contributed by atoms with Gasteiger partial charge < -0.3 is 9.47 Å². The summed E-state index contributed by atoms with van der Waals surface area (Å²) in [7, 11) is 0. The predicted molar refractivity (Wildman–Crippen MR) is 69.5 cm³/mol. The summed E-state index contributed by atoms with van der Waals surface area (Å²) in [6.07, 6.45) is 7.00. The first kappa shape index (κ1) is 12.9. The molecule has 1 amide bonds. The molecule has 4 heteroatoms. The zero-order valence-corrected chi connectivity index (χ0v) is 10.8. The average molecular weight is 248 g/mol. The van der Waals surface area contributed by atoms with E-state index in [1.807, 2.05) is 4.90 Å². The van der Waals surface area contributed by atoms with Gasteiger partial charge in [-0.2, -0.15) is 0 Å². The van der Waals surface area contributed by atoms with Crippen molar-refractivity contribution in [2.24, 2.45) is 0 Å². The SMILES string of the molecule is CC[C@H]1CCCCN1C(=O)Cn1cccc1C=O. The maximum atomic E-state index is 12.3. The molecule has 0 unspecified atom stereocenters. The van der Waals surface area contributed by atoms with Crippen molar-refractivity contribution in [1.82, 2.24) is 9.47 Å². The van der Waals surface area contributed by atoms with Gasteiger partial charge in [0.15, 0.2) is 6.29 Å². The van der Waals surface area contributed by atoms with E-state index in [2.05, 4.69) is 6.92 Å². The summed E-state index contributed by atoms with van der Waals surface area (Å²) < 4.78 is 1.72. The first-order chi connectivity index (χ1) is 8.76. The van der Waals surface area contributed by atoms with Gasteiger partial charge in [0.2, 0.25) is 5.91 Å². The Hall–Kier alpha value is -1.58. The van der Waals surface area contributed by atoms with Crippen LogP contribution >= 0.6 is 0 Å². The normalized spacial score (nSPS) is 19.8. The third-order valence-electron chi connectivity index (χ3n) is 3.71. The number of amides is 1. The molecule has 1 aliphatic rings. The summed E-state index contributed by atoms with van der Waals surface area (Å²) in [4.78, 5) is 25.1. The molecule has 1 aromatic rings. The largest absolute Gasteiger partial charge is 0.338 e. The lowest BCUT2D eigenvalue weighted by Crippen LogP contribution is -2.44. The van der Waals surface area contributed by atoms with E-state index in [1.165, 1.54) is 6.42 Å². The van der Waals surface area contributed by atoms with Crippen molar-refractivity contribution in [3.05, 3.63) is 24.0 Å². The van der Waals surface area contributed by atoms with Crippen molar-refractivity contribution >= 4 is 12.2 Å². The number of carbonyl (C=O) groups excluding carboxylic acids is 2. The Balaban J connectivity index is 2.04. The number of rotatable bonds is 4. The van der Waals surface area contributed by atoms with Gasteiger partial charge in [0.1, 0.15) is 6.54 Å². The molecule has 1 fully saturated rings. The lowest BCUT2D eigenvalue weighted by Gasteiger charge is -2.35. The van der Waals surface area contributed by atoms with Gasteiger partial charge in [0.05, 0.1) is 5.69 Å². The maximum Gasteiger partial charge on any atom is 0.242 e. The summed E-state index contributed by atoms with van der Waals surface area (Å²) in [6, 6.07) is 3.90. The molecular weight excluding hydrogens is 228 g/mol. The van der Waals surface area contributed by atoms with E-state index < -0.39 is 0 Å². The number of aldehydes is 1. The highest BCUT2D eigenvalue weighted by Crippen LogP contribution is 2.20. The maximum absolute atomic E-state index is 12.3. The highest BCUT2D eigenvalue weighted by Gasteiger charge is 2.25. The summed E-state index contributed by atoms with van der Waals surface area (Å²) in [5.41, 5.74) is 0.563. The van der Waals surface area contributed by atoms with Crippen LogP contribution in [0.25, 0.3) is 0 Å². The van der Waals surface area contributed by atoms with Crippen molar-refractivity contribution < 1.29 is 9.59 Å². The molecule has 0 radical (unpaired) electrons. The van der Waals surface area contributed by atoms with E-state index in [-0.39, 0.29) is 12.5 Å². The summed E-state index contributed by atoms with van der Waals surface area (Å²) in [5, 5.41) is 0. The van der Waals surface area contributed by atoms with Crippen molar-refractivity contribution in [3.8, 4) is 0 Å². The van der Waals surface area contributed by atoms with Crippen molar-refractivity contribution in [2.75, 3.05) is 6.54 Å². The van der Waals surface area contributed by atoms with E-state index in [4.69, 9.17) is 0 Å². The van der Waals surface area contributed by atoms with Crippen LogP contribution < -0.4 is 0 Å². The Morgan fingerprint density at radius 1 is 1.50 bits per heavy atom. The topological polar surface area (TPSA) is 42.3 Å². The molecule has 0 aromatic carbocycles. The first-order valence-corrected chi connectivity index (χ1v) is 6.66. The first-order valence-electron chi connectivity index (χ1n) is 6.66. The molecule has 0 N–H and O–H groups in total. The molecule has 0 bridgehead atoms. The number of hydrogen-bond donors (Lipinski definition) is 0. The lowest BCUT2D eigenvalue weighted by atomic mass is 10.00. The fourth-order valence-electron chi connectivity index (χ4n) is 2.67. The molecule has 0 aliphatic carbocycles. The van der Waals surface area contributed by atoms with Crippen LogP contribution in [0.4, 0.5) is 0 Å². The van der Waals surface area contributed by atoms with Gasteiger partial charge in [0, 0.05) is 18.8 Å². The highest BCUT2D eigenvalue weighted by molar-refractivity contribution is 5.78. The van der Waals surface area contributed by atoms with E-state index in [9.17, 15) is 9.59 Å². The molecule has 4 nitrogen and oxygen atoms in total. The van der Waals surface area contributed by atoms with E-state index in [0.29, 0.717) is 11.7 Å². The molecule has 98 valence electrons. The molecule has 2 heterocycles. The predicted octanol–water partition coefficient (Wildman–Crippen LogP) is 2.09. The van der Waals surface area contributed by atoms with Crippen molar-refractivity contribution in [3.63, 3.8) is 0 Å². The molecule has 1 aliphatic heterocycles. The van der Waals surface area contributed by atoms with Crippen LogP contribution in [0.3, 0.4) is 0 Å². The second kappa shape index (κ2) is 5.85. The van der Waals surface area contributed by atoms with Crippen LogP contribution in [-0.4, -0.2) is 34.2 Å². The number of carbonyl (C=O) groups is 2. The fourth-order valence-corrected chi connectivity index (χ4v) is 2.67. The molecule has 0 saturated carbocycles.